The van der Waals surface area contributed by atoms with Crippen LogP contribution in [-0.2, 0) is 10.0 Å². The molecule has 0 saturated carbocycles. The predicted molar refractivity (Wildman–Crippen MR) is 135 cm³/mol. The van der Waals surface area contributed by atoms with Crippen molar-refractivity contribution in [3.8, 4) is 0 Å². The molecule has 0 spiro atoms. The summed E-state index contributed by atoms with van der Waals surface area (Å²) in [6.45, 7) is 7.63. The number of anilines is 2. The predicted octanol–water partition coefficient (Wildman–Crippen LogP) is 4.93. The van der Waals surface area contributed by atoms with Crippen molar-refractivity contribution in [3.63, 3.8) is 0 Å². The van der Waals surface area contributed by atoms with Gasteiger partial charge in [-0.1, -0.05) is 35.9 Å². The van der Waals surface area contributed by atoms with Gasteiger partial charge < -0.3 is 10.6 Å². The van der Waals surface area contributed by atoms with Crippen LogP contribution in [0.25, 0.3) is 0 Å². The van der Waals surface area contributed by atoms with Crippen LogP contribution in [0.2, 0.25) is 5.02 Å². The number of para-hydroxylation sites is 1. The normalized spacial score (nSPS) is 10.9. The maximum atomic E-state index is 13.0. The molecule has 9 heteroatoms. The molecule has 3 N–H and O–H groups in total. The van der Waals surface area contributed by atoms with Crippen LogP contribution in [0.4, 0.5) is 11.4 Å². The van der Waals surface area contributed by atoms with E-state index in [2.05, 4.69) is 21.9 Å². The smallest absolute Gasteiger partial charge is 0.263 e. The van der Waals surface area contributed by atoms with Gasteiger partial charge >= 0.3 is 0 Å². The van der Waals surface area contributed by atoms with Gasteiger partial charge in [-0.15, -0.1) is 6.58 Å². The molecule has 0 aliphatic rings. The van der Waals surface area contributed by atoms with E-state index in [1.54, 1.807) is 48.5 Å². The quantitative estimate of drug-likeness (QED) is 0.384. The van der Waals surface area contributed by atoms with Crippen LogP contribution in [0, 0.1) is 13.8 Å². The zero-order valence-corrected chi connectivity index (χ0v) is 20.3. The fraction of sp³-hybridized carbons (Fsp3) is 0.120. The Morgan fingerprint density at radius 1 is 0.971 bits per heavy atom. The highest BCUT2D eigenvalue weighted by Gasteiger charge is 2.21. The third kappa shape index (κ3) is 5.84. The molecule has 176 valence electrons. The molecule has 0 radical (unpaired) electrons. The summed E-state index contributed by atoms with van der Waals surface area (Å²) in [4.78, 5) is 25.1. The number of halogens is 1. The van der Waals surface area contributed by atoms with E-state index in [-0.39, 0.29) is 39.2 Å². The number of hydrogen-bond acceptors (Lipinski definition) is 4. The van der Waals surface area contributed by atoms with Crippen molar-refractivity contribution >= 4 is 44.8 Å². The molecule has 0 atom stereocenters. The molecule has 0 heterocycles. The SMILES string of the molecule is C=CCNC(=O)c1ccccc1NC(=O)c1ccc(Cl)c(S(=O)(=O)Nc2ccc(C)c(C)c2)c1. The molecule has 34 heavy (non-hydrogen) atoms. The van der Waals surface area contributed by atoms with Crippen LogP contribution in [0.5, 0.6) is 0 Å². The molecule has 2 amide bonds. The third-order valence-corrected chi connectivity index (χ3v) is 6.93. The lowest BCUT2D eigenvalue weighted by molar-refractivity contribution is 0.0959. The van der Waals surface area contributed by atoms with Gasteiger partial charge in [0.15, 0.2) is 0 Å². The third-order valence-electron chi connectivity index (χ3n) is 5.07. The fourth-order valence-corrected chi connectivity index (χ4v) is 4.69. The summed E-state index contributed by atoms with van der Waals surface area (Å²) in [5, 5.41) is 5.29. The van der Waals surface area contributed by atoms with E-state index in [4.69, 9.17) is 11.6 Å². The Kier molecular flexibility index (Phi) is 7.75. The molecule has 0 fully saturated rings. The van der Waals surface area contributed by atoms with Gasteiger partial charge in [0.05, 0.1) is 16.3 Å². The molecule has 0 aliphatic carbocycles. The van der Waals surface area contributed by atoms with E-state index in [1.165, 1.54) is 18.2 Å². The molecule has 3 aromatic rings. The minimum absolute atomic E-state index is 0.0305. The summed E-state index contributed by atoms with van der Waals surface area (Å²) in [5.41, 5.74) is 2.94. The van der Waals surface area contributed by atoms with Crippen molar-refractivity contribution in [2.75, 3.05) is 16.6 Å². The number of hydrogen-bond donors (Lipinski definition) is 3. The minimum atomic E-state index is -4.07. The number of aryl methyl sites for hydroxylation is 2. The fourth-order valence-electron chi connectivity index (χ4n) is 3.11. The Labute approximate surface area is 203 Å². The monoisotopic (exact) mass is 497 g/mol. The van der Waals surface area contributed by atoms with E-state index in [0.29, 0.717) is 5.69 Å². The maximum Gasteiger partial charge on any atom is 0.263 e. The first-order chi connectivity index (χ1) is 16.1. The highest BCUT2D eigenvalue weighted by molar-refractivity contribution is 7.92. The van der Waals surface area contributed by atoms with E-state index in [9.17, 15) is 18.0 Å². The van der Waals surface area contributed by atoms with Gasteiger partial charge in [-0.2, -0.15) is 0 Å². The number of nitrogens with one attached hydrogen (secondary N) is 3. The summed E-state index contributed by atoms with van der Waals surface area (Å²) in [6.07, 6.45) is 1.54. The number of rotatable bonds is 8. The van der Waals surface area contributed by atoms with Gasteiger partial charge in [0.2, 0.25) is 0 Å². The maximum absolute atomic E-state index is 13.0. The summed E-state index contributed by atoms with van der Waals surface area (Å²) in [5.74, 6) is -0.976. The van der Waals surface area contributed by atoms with Crippen LogP contribution < -0.4 is 15.4 Å². The standard InChI is InChI=1S/C25H24ClN3O4S/c1-4-13-27-25(31)20-7-5-6-8-22(20)28-24(30)18-10-12-21(26)23(15-18)34(32,33)29-19-11-9-16(2)17(3)14-19/h4-12,14-15,29H,1,13H2,2-3H3,(H,27,31)(H,28,30). The average molecular weight is 498 g/mol. The first-order valence-electron chi connectivity index (χ1n) is 10.3. The average Bonchev–Trinajstić information content (AvgIpc) is 2.80. The molecule has 0 saturated heterocycles. The minimum Gasteiger partial charge on any atom is -0.349 e. The lowest BCUT2D eigenvalue weighted by Gasteiger charge is -2.13. The summed E-state index contributed by atoms with van der Waals surface area (Å²) < 4.78 is 28.5. The number of benzene rings is 3. The van der Waals surface area contributed by atoms with Crippen LogP contribution in [0.15, 0.2) is 78.2 Å². The molecule has 0 bridgehead atoms. The second kappa shape index (κ2) is 10.5. The van der Waals surface area contributed by atoms with Crippen molar-refractivity contribution < 1.29 is 18.0 Å². The van der Waals surface area contributed by atoms with Gasteiger partial charge in [-0.25, -0.2) is 8.42 Å². The van der Waals surface area contributed by atoms with Gasteiger partial charge in [0, 0.05) is 17.8 Å². The Balaban J connectivity index is 1.87. The number of carbonyl (C=O) groups excluding carboxylic acids is 2. The molecular formula is C25H24ClN3O4S. The van der Waals surface area contributed by atoms with Gasteiger partial charge in [-0.05, 0) is 67.4 Å². The Bertz CT molecular complexity index is 1370. The van der Waals surface area contributed by atoms with Gasteiger partial charge in [0.1, 0.15) is 4.90 Å². The molecule has 0 unspecified atom stereocenters. The lowest BCUT2D eigenvalue weighted by atomic mass is 10.1. The van der Waals surface area contributed by atoms with E-state index in [0.717, 1.165) is 11.1 Å². The van der Waals surface area contributed by atoms with E-state index < -0.39 is 15.9 Å². The largest absolute Gasteiger partial charge is 0.349 e. The number of amides is 2. The zero-order valence-electron chi connectivity index (χ0n) is 18.7. The molecule has 0 aliphatic heterocycles. The Morgan fingerprint density at radius 2 is 1.71 bits per heavy atom. The topological polar surface area (TPSA) is 104 Å². The first-order valence-corrected chi connectivity index (χ1v) is 12.2. The highest BCUT2D eigenvalue weighted by atomic mass is 35.5. The van der Waals surface area contributed by atoms with E-state index >= 15 is 0 Å². The van der Waals surface area contributed by atoms with Crippen LogP contribution >= 0.6 is 11.6 Å². The Morgan fingerprint density at radius 3 is 2.41 bits per heavy atom. The summed E-state index contributed by atoms with van der Waals surface area (Å²) in [6, 6.07) is 15.6. The van der Waals surface area contributed by atoms with E-state index in [1.807, 2.05) is 13.8 Å². The van der Waals surface area contributed by atoms with Gasteiger partial charge in [-0.3, -0.25) is 14.3 Å². The molecule has 7 nitrogen and oxygen atoms in total. The van der Waals surface area contributed by atoms with Crippen LogP contribution in [0.1, 0.15) is 31.8 Å². The van der Waals surface area contributed by atoms with Crippen molar-refractivity contribution in [2.24, 2.45) is 0 Å². The molecule has 3 aromatic carbocycles. The van der Waals surface area contributed by atoms with Crippen LogP contribution in [-0.4, -0.2) is 26.8 Å². The molecular weight excluding hydrogens is 474 g/mol. The second-order valence-electron chi connectivity index (χ2n) is 7.55. The molecule has 3 rings (SSSR count). The van der Waals surface area contributed by atoms with Gasteiger partial charge in [0.25, 0.3) is 21.8 Å². The van der Waals surface area contributed by atoms with Crippen molar-refractivity contribution in [1.82, 2.24) is 5.32 Å². The summed E-state index contributed by atoms with van der Waals surface area (Å²) in [7, 11) is -4.07. The van der Waals surface area contributed by atoms with Crippen molar-refractivity contribution in [2.45, 2.75) is 18.7 Å². The second-order valence-corrected chi connectivity index (χ2v) is 9.61. The van der Waals surface area contributed by atoms with Crippen LogP contribution in [0.3, 0.4) is 0 Å². The van der Waals surface area contributed by atoms with Crippen molar-refractivity contribution in [1.29, 1.82) is 0 Å². The number of carbonyl (C=O) groups is 2. The Hall–Kier alpha value is -3.62. The zero-order chi connectivity index (χ0) is 24.9. The summed E-state index contributed by atoms with van der Waals surface area (Å²) >= 11 is 6.17. The lowest BCUT2D eigenvalue weighted by Crippen LogP contribution is -2.25. The number of sulfonamides is 1. The first kappa shape index (κ1) is 25.0. The molecule has 0 aromatic heterocycles. The van der Waals surface area contributed by atoms with Crippen molar-refractivity contribution in [3.05, 3.63) is 101 Å². The highest BCUT2D eigenvalue weighted by Crippen LogP contribution is 2.26.